The van der Waals surface area contributed by atoms with Gasteiger partial charge in [0.15, 0.2) is 0 Å². The molecule has 0 aromatic heterocycles. The molecule has 4 saturated carbocycles. The normalized spacial score (nSPS) is 22.3. The zero-order valence-electron chi connectivity index (χ0n) is 32.5. The summed E-state index contributed by atoms with van der Waals surface area (Å²) >= 11 is 0. The van der Waals surface area contributed by atoms with Crippen molar-refractivity contribution in [3.8, 4) is 0 Å². The molecule has 252 valence electrons. The van der Waals surface area contributed by atoms with Crippen molar-refractivity contribution in [2.75, 3.05) is 0 Å². The Morgan fingerprint density at radius 2 is 0.452 bits per heavy atom. The van der Waals surface area contributed by atoms with Crippen molar-refractivity contribution < 1.29 is 0 Å². The molecule has 42 heavy (non-hydrogen) atoms. The van der Waals surface area contributed by atoms with Crippen molar-refractivity contribution >= 4 is 0 Å². The third-order valence-corrected chi connectivity index (χ3v) is 12.6. The van der Waals surface area contributed by atoms with Gasteiger partial charge in [0, 0.05) is 0 Å². The van der Waals surface area contributed by atoms with E-state index >= 15 is 0 Å². The Morgan fingerprint density at radius 1 is 0.286 bits per heavy atom. The number of hydrogen-bond acceptors (Lipinski definition) is 0. The minimum atomic E-state index is 0.744. The van der Waals surface area contributed by atoms with Crippen LogP contribution in [0.3, 0.4) is 0 Å². The third-order valence-electron chi connectivity index (χ3n) is 12.6. The summed E-state index contributed by atoms with van der Waals surface area (Å²) in [5.74, 6) is 7.19. The Labute approximate surface area is 269 Å². The molecule has 0 bridgehead atoms. The highest BCUT2D eigenvalue weighted by molar-refractivity contribution is 4.96. The predicted octanol–water partition coefficient (Wildman–Crippen LogP) is 14.7. The molecule has 0 amide bonds. The average Bonchev–Trinajstić information content (AvgIpc) is 3.71. The fraction of sp³-hybridized carbons (Fsp3) is 1.00. The Hall–Kier alpha value is 0. The van der Waals surface area contributed by atoms with Crippen molar-refractivity contribution in [2.24, 2.45) is 69.0 Å². The van der Waals surface area contributed by atoms with Gasteiger partial charge in [-0.3, -0.25) is 0 Å². The van der Waals surface area contributed by atoms with Crippen molar-refractivity contribution in [3.05, 3.63) is 0 Å². The van der Waals surface area contributed by atoms with Crippen molar-refractivity contribution in [2.45, 2.75) is 201 Å². The first-order valence-electron chi connectivity index (χ1n) is 19.3. The SMILES string of the molecule is CC(C)CC1(C(C)C)CC1.CC(C)CC1(C(C)C)CC1.CC(C)CC1(C(C)C)CCC1.CC(C)CC1(C(C)C)CCC1. The van der Waals surface area contributed by atoms with Gasteiger partial charge in [0.05, 0.1) is 0 Å². The third kappa shape index (κ3) is 12.4. The summed E-state index contributed by atoms with van der Waals surface area (Å²) in [6.07, 6.45) is 20.7. The van der Waals surface area contributed by atoms with Crippen LogP contribution in [0.25, 0.3) is 0 Å². The Balaban J connectivity index is 0.000000280. The van der Waals surface area contributed by atoms with Crippen LogP contribution in [0.4, 0.5) is 0 Å². The summed E-state index contributed by atoms with van der Waals surface area (Å²) in [6.45, 7) is 37.8. The van der Waals surface area contributed by atoms with Gasteiger partial charge in [-0.2, -0.15) is 0 Å². The Kier molecular flexibility index (Phi) is 16.3. The van der Waals surface area contributed by atoms with Gasteiger partial charge in [-0.05, 0) is 146 Å². The van der Waals surface area contributed by atoms with Crippen molar-refractivity contribution in [1.29, 1.82) is 0 Å². The average molecular weight is 589 g/mol. The van der Waals surface area contributed by atoms with Crippen LogP contribution in [0.1, 0.15) is 201 Å². The first kappa shape index (κ1) is 40.0. The maximum Gasteiger partial charge on any atom is -0.0272 e. The molecule has 0 spiro atoms. The van der Waals surface area contributed by atoms with Crippen LogP contribution in [0.5, 0.6) is 0 Å². The Bertz CT molecular complexity index is 636. The lowest BCUT2D eigenvalue weighted by atomic mass is 9.59. The highest BCUT2D eigenvalue weighted by atomic mass is 14.5. The molecule has 0 aromatic rings. The van der Waals surface area contributed by atoms with Gasteiger partial charge in [-0.25, -0.2) is 0 Å². The molecule has 4 aliphatic rings. The lowest BCUT2D eigenvalue weighted by molar-refractivity contribution is 0.0424. The molecule has 0 heteroatoms. The Morgan fingerprint density at radius 3 is 0.500 bits per heavy atom. The molecule has 0 nitrogen and oxygen atoms in total. The van der Waals surface area contributed by atoms with Gasteiger partial charge in [-0.15, -0.1) is 0 Å². The topological polar surface area (TPSA) is 0 Å². The minimum Gasteiger partial charge on any atom is -0.0628 e. The van der Waals surface area contributed by atoms with Crippen molar-refractivity contribution in [1.82, 2.24) is 0 Å². The van der Waals surface area contributed by atoms with E-state index in [1.165, 1.54) is 89.9 Å². The minimum absolute atomic E-state index is 0.744. The van der Waals surface area contributed by atoms with Gasteiger partial charge in [0.25, 0.3) is 0 Å². The maximum absolute atomic E-state index is 2.39. The second-order valence-corrected chi connectivity index (χ2v) is 19.2. The van der Waals surface area contributed by atoms with E-state index in [0.717, 1.165) is 69.0 Å². The summed E-state index contributed by atoms with van der Waals surface area (Å²) in [6, 6.07) is 0. The van der Waals surface area contributed by atoms with Crippen molar-refractivity contribution in [3.63, 3.8) is 0 Å². The van der Waals surface area contributed by atoms with E-state index in [-0.39, 0.29) is 0 Å². The molecule has 0 atom stereocenters. The first-order valence-corrected chi connectivity index (χ1v) is 19.3. The highest BCUT2D eigenvalue weighted by Gasteiger charge is 2.46. The van der Waals surface area contributed by atoms with E-state index in [4.69, 9.17) is 0 Å². The standard InChI is InChI=1S/2C11H22.2C10H20/c2*1-9(2)8-11(10(3)4)6-5-7-11;2*1-8(2)7-10(5-6-10)9(3)4/h2*9-10H,5-8H2,1-4H3;2*8-9H,5-7H2,1-4H3. The second kappa shape index (κ2) is 17.1. The fourth-order valence-corrected chi connectivity index (χ4v) is 8.90. The van der Waals surface area contributed by atoms with E-state index in [1.54, 1.807) is 0 Å². The van der Waals surface area contributed by atoms with Gasteiger partial charge < -0.3 is 0 Å². The van der Waals surface area contributed by atoms with E-state index in [9.17, 15) is 0 Å². The summed E-state index contributed by atoms with van der Waals surface area (Å²) in [5, 5.41) is 0. The zero-order chi connectivity index (χ0) is 32.5. The zero-order valence-corrected chi connectivity index (χ0v) is 32.5. The summed E-state index contributed by atoms with van der Waals surface area (Å²) < 4.78 is 0. The summed E-state index contributed by atoms with van der Waals surface area (Å²) in [7, 11) is 0. The molecule has 4 rings (SSSR count). The second-order valence-electron chi connectivity index (χ2n) is 19.2. The van der Waals surface area contributed by atoms with E-state index in [2.05, 4.69) is 111 Å². The van der Waals surface area contributed by atoms with Crippen LogP contribution in [0.2, 0.25) is 0 Å². The smallest absolute Gasteiger partial charge is 0.0272 e. The van der Waals surface area contributed by atoms with Crippen LogP contribution in [0.15, 0.2) is 0 Å². The number of hydrogen-bond donors (Lipinski definition) is 0. The molecular weight excluding hydrogens is 504 g/mol. The van der Waals surface area contributed by atoms with E-state index < -0.39 is 0 Å². The predicted molar refractivity (Wildman–Crippen MR) is 193 cm³/mol. The van der Waals surface area contributed by atoms with E-state index in [0.29, 0.717) is 0 Å². The highest BCUT2D eigenvalue weighted by Crippen LogP contribution is 2.57. The maximum atomic E-state index is 2.39. The fourth-order valence-electron chi connectivity index (χ4n) is 8.90. The molecule has 4 aliphatic carbocycles. The van der Waals surface area contributed by atoms with Crippen LogP contribution in [-0.2, 0) is 0 Å². The van der Waals surface area contributed by atoms with Gasteiger partial charge in [-0.1, -0.05) is 124 Å². The van der Waals surface area contributed by atoms with Gasteiger partial charge in [0.2, 0.25) is 0 Å². The molecule has 0 radical (unpaired) electrons. The molecule has 0 N–H and O–H groups in total. The molecule has 0 unspecified atom stereocenters. The molecule has 0 aliphatic heterocycles. The van der Waals surface area contributed by atoms with Crippen LogP contribution < -0.4 is 0 Å². The number of rotatable bonds is 12. The lowest BCUT2D eigenvalue weighted by Gasteiger charge is -2.47. The molecule has 0 aromatic carbocycles. The lowest BCUT2D eigenvalue weighted by Crippen LogP contribution is -2.36. The molecule has 4 fully saturated rings. The first-order chi connectivity index (χ1) is 19.3. The summed E-state index contributed by atoms with van der Waals surface area (Å²) in [4.78, 5) is 0. The van der Waals surface area contributed by atoms with Crippen LogP contribution >= 0.6 is 0 Å². The molecule has 0 saturated heterocycles. The van der Waals surface area contributed by atoms with Gasteiger partial charge in [0.1, 0.15) is 0 Å². The molecular formula is C42H84. The van der Waals surface area contributed by atoms with Gasteiger partial charge >= 0.3 is 0 Å². The van der Waals surface area contributed by atoms with E-state index in [1.807, 2.05) is 0 Å². The monoisotopic (exact) mass is 589 g/mol. The quantitative estimate of drug-likeness (QED) is 0.213. The van der Waals surface area contributed by atoms with Crippen LogP contribution in [-0.4, -0.2) is 0 Å². The largest absolute Gasteiger partial charge is 0.0628 e. The summed E-state index contributed by atoms with van der Waals surface area (Å²) in [5.41, 5.74) is 3.03. The van der Waals surface area contributed by atoms with Crippen LogP contribution in [0, 0.1) is 69.0 Å². The molecule has 0 heterocycles.